The molecule has 0 spiro atoms. The van der Waals surface area contributed by atoms with E-state index in [2.05, 4.69) is 0 Å². The number of halogens is 5. The molecule has 0 radical (unpaired) electrons. The fraction of sp³-hybridized carbons (Fsp3) is 0. The van der Waals surface area contributed by atoms with Crippen LogP contribution in [-0.2, 0) is 0 Å². The molecule has 0 aromatic carbocycles. The average molecular weight is 221 g/mol. The van der Waals surface area contributed by atoms with Gasteiger partial charge in [-0.15, -0.1) is 0 Å². The second-order valence-electron chi connectivity index (χ2n) is 0.891. The normalized spacial score (nSPS) is 10.0. The molecule has 0 aliphatic carbocycles. The molecule has 0 atom stereocenters. The minimum atomic E-state index is -6.00. The minimum Gasteiger partial charge on any atom is -0.418 e. The van der Waals surface area contributed by atoms with E-state index in [1.807, 2.05) is 0 Å². The summed E-state index contributed by atoms with van der Waals surface area (Å²) in [6.45, 7) is 0. The van der Waals surface area contributed by atoms with E-state index in [4.69, 9.17) is 18.6 Å². The van der Waals surface area contributed by atoms with Crippen LogP contribution in [-0.4, -0.2) is 29.3 Å². The molecule has 0 saturated heterocycles. The molecule has 0 unspecified atom stereocenters. The quantitative estimate of drug-likeness (QED) is 0.325. The van der Waals surface area contributed by atoms with Gasteiger partial charge in [0.2, 0.25) is 0 Å². The molecule has 0 aliphatic rings. The second kappa shape index (κ2) is 8.63. The van der Waals surface area contributed by atoms with E-state index in [0.29, 0.717) is 0 Å². The van der Waals surface area contributed by atoms with Gasteiger partial charge in [-0.05, 0) is 0 Å². The molecule has 4 nitrogen and oxygen atoms in total. The maximum absolute atomic E-state index is 9.75. The molecule has 0 bridgehead atoms. The summed E-state index contributed by atoms with van der Waals surface area (Å²) in [5.41, 5.74) is 0. The van der Waals surface area contributed by atoms with Gasteiger partial charge in [-0.25, -0.2) is 0 Å². The van der Waals surface area contributed by atoms with Gasteiger partial charge in [0.25, 0.3) is 0 Å². The molecule has 0 aromatic rings. The van der Waals surface area contributed by atoms with Crippen LogP contribution in [0.15, 0.2) is 0 Å². The first kappa shape index (κ1) is 23.1. The third-order valence-electron chi connectivity index (χ3n) is 0. The summed E-state index contributed by atoms with van der Waals surface area (Å²) in [7, 11) is -10.7. The minimum absolute atomic E-state index is 0. The summed E-state index contributed by atoms with van der Waals surface area (Å²) in [4.78, 5) is 0. The van der Waals surface area contributed by atoms with Gasteiger partial charge in [0.1, 0.15) is 0 Å². The Morgan fingerprint density at radius 1 is 1.00 bits per heavy atom. The molecule has 1 N–H and O–H groups in total. The Hall–Kier alpha value is 1.04. The van der Waals surface area contributed by atoms with E-state index in [0.717, 1.165) is 0 Å². The maximum Gasteiger partial charge on any atom is 3.00 e. The van der Waals surface area contributed by atoms with Crippen LogP contribution < -0.4 is 32.8 Å². The van der Waals surface area contributed by atoms with Gasteiger partial charge in [-0.2, -0.15) is 14.0 Å². The third-order valence-corrected chi connectivity index (χ3v) is 0. The van der Waals surface area contributed by atoms with E-state index in [9.17, 15) is 17.3 Å². The fourth-order valence-corrected chi connectivity index (χ4v) is 0. The Labute approximate surface area is 89.7 Å². The van der Waals surface area contributed by atoms with Crippen molar-refractivity contribution in [3.63, 3.8) is 0 Å². The third kappa shape index (κ3) is 1020. The maximum atomic E-state index is 9.75. The molecular formula is HAlBClF4LiO4+3. The van der Waals surface area contributed by atoms with Crippen molar-refractivity contribution in [3.05, 3.63) is 0 Å². The van der Waals surface area contributed by atoms with Crippen LogP contribution >= 0.6 is 0 Å². The van der Waals surface area contributed by atoms with Crippen molar-refractivity contribution in [2.45, 2.75) is 0 Å². The summed E-state index contributed by atoms with van der Waals surface area (Å²) < 4.78 is 71.7. The monoisotopic (exact) mass is 221 g/mol. The summed E-state index contributed by atoms with van der Waals surface area (Å²) in [5, 5.41) is 0. The molecular weight excluding hydrogens is 220 g/mol. The van der Waals surface area contributed by atoms with Crippen LogP contribution in [0, 0.1) is 10.2 Å². The molecule has 0 rings (SSSR count). The SMILES string of the molecule is F[B-](F)(F)F.[Al+3].[Li+].[O-][Cl+3]([O-])([O-])O. The smallest absolute Gasteiger partial charge is 0.418 e. The van der Waals surface area contributed by atoms with E-state index >= 15 is 0 Å². The largest absolute Gasteiger partial charge is 3.00 e. The summed E-state index contributed by atoms with van der Waals surface area (Å²) >= 11 is 0. The van der Waals surface area contributed by atoms with Crippen LogP contribution in [0.1, 0.15) is 0 Å². The zero-order valence-electron chi connectivity index (χ0n) is 5.72. The summed E-state index contributed by atoms with van der Waals surface area (Å²) in [5.74, 6) is 0. The van der Waals surface area contributed by atoms with Crippen molar-refractivity contribution in [1.29, 1.82) is 0 Å². The molecule has 0 aromatic heterocycles. The predicted molar refractivity (Wildman–Crippen MR) is 18.2 cm³/mol. The number of hydrogen-bond acceptors (Lipinski definition) is 4. The Balaban J connectivity index is -0.0000000457. The molecule has 12 heavy (non-hydrogen) atoms. The first-order valence-electron chi connectivity index (χ1n) is 1.50. The Morgan fingerprint density at radius 2 is 1.00 bits per heavy atom. The Kier molecular flexibility index (Phi) is 16.6. The molecule has 0 amide bonds. The number of rotatable bonds is 0. The van der Waals surface area contributed by atoms with Crippen molar-refractivity contribution in [2.24, 2.45) is 0 Å². The first-order chi connectivity index (χ1) is 4.00. The summed E-state index contributed by atoms with van der Waals surface area (Å²) in [6.07, 6.45) is 0. The standard InChI is InChI=1S/Al.BF4.ClHO4.Li/c;2*2-1(3,4)5;/h;;(H,2,3,4,5);/q+3;-1;;+1. The first-order valence-corrected chi connectivity index (χ1v) is 2.77. The van der Waals surface area contributed by atoms with E-state index in [1.165, 1.54) is 0 Å². The molecule has 0 fully saturated rings. The molecule has 0 aliphatic heterocycles. The van der Waals surface area contributed by atoms with Gasteiger partial charge in [0.15, 0.2) is 0 Å². The van der Waals surface area contributed by atoms with Gasteiger partial charge in [0, 0.05) is 0 Å². The molecule has 12 heteroatoms. The fourth-order valence-electron chi connectivity index (χ4n) is 0. The van der Waals surface area contributed by atoms with Crippen molar-refractivity contribution >= 4 is 24.6 Å². The van der Waals surface area contributed by atoms with Crippen LogP contribution in [0.5, 0.6) is 0 Å². The van der Waals surface area contributed by atoms with Crippen LogP contribution in [0.3, 0.4) is 0 Å². The number of hydrogen-bond donors (Lipinski definition) is 1. The zero-order valence-corrected chi connectivity index (χ0v) is 7.63. The van der Waals surface area contributed by atoms with Crippen molar-refractivity contribution in [1.82, 2.24) is 0 Å². The van der Waals surface area contributed by atoms with E-state index < -0.39 is 17.5 Å². The van der Waals surface area contributed by atoms with Gasteiger partial charge in [-0.3, -0.25) is 0 Å². The van der Waals surface area contributed by atoms with Gasteiger partial charge < -0.3 is 17.3 Å². The van der Waals surface area contributed by atoms with Crippen LogP contribution in [0.2, 0.25) is 0 Å². The van der Waals surface area contributed by atoms with Crippen molar-refractivity contribution in [3.8, 4) is 0 Å². The predicted octanol–water partition coefficient (Wildman–Crippen LogP) is -6.20. The Bertz CT molecular complexity index is 70.0. The second-order valence-corrected chi connectivity index (χ2v) is 1.68. The van der Waals surface area contributed by atoms with Crippen molar-refractivity contribution < 1.29 is 65.0 Å². The summed E-state index contributed by atoms with van der Waals surface area (Å²) in [6, 6.07) is 0. The van der Waals surface area contributed by atoms with E-state index in [-0.39, 0.29) is 36.2 Å². The van der Waals surface area contributed by atoms with Crippen molar-refractivity contribution in [2.75, 3.05) is 0 Å². The molecule has 0 saturated carbocycles. The van der Waals surface area contributed by atoms with Gasteiger partial charge in [0.05, 0.1) is 14.9 Å². The van der Waals surface area contributed by atoms with Crippen LogP contribution in [0.4, 0.5) is 17.3 Å². The Morgan fingerprint density at radius 3 is 1.00 bits per heavy atom. The van der Waals surface area contributed by atoms with Gasteiger partial charge in [-0.1, -0.05) is 0 Å². The van der Waals surface area contributed by atoms with Gasteiger partial charge >= 0.3 is 43.5 Å². The molecule has 64 valence electrons. The zero-order chi connectivity index (χ0) is 9.00. The molecule has 0 heterocycles. The van der Waals surface area contributed by atoms with E-state index in [1.54, 1.807) is 0 Å². The van der Waals surface area contributed by atoms with Crippen LogP contribution in [0.25, 0.3) is 0 Å². The average Bonchev–Trinajstić information content (AvgIpc) is 1.12. The topological polar surface area (TPSA) is 89.4 Å².